The van der Waals surface area contributed by atoms with Crippen molar-refractivity contribution >= 4 is 5.97 Å². The Bertz CT molecular complexity index is 454. The van der Waals surface area contributed by atoms with Crippen LogP contribution in [0.5, 0.6) is 5.75 Å². The summed E-state index contributed by atoms with van der Waals surface area (Å²) in [5.74, 6) is 0.906. The molecular weight excluding hydrogens is 266 g/mol. The first-order valence-electron chi connectivity index (χ1n) is 7.44. The van der Waals surface area contributed by atoms with E-state index in [0.29, 0.717) is 12.3 Å². The lowest BCUT2D eigenvalue weighted by Gasteiger charge is -2.25. The van der Waals surface area contributed by atoms with Crippen LogP contribution in [0.25, 0.3) is 0 Å². The highest BCUT2D eigenvalue weighted by Crippen LogP contribution is 2.23. The predicted molar refractivity (Wildman–Crippen MR) is 84.5 cm³/mol. The van der Waals surface area contributed by atoms with Gasteiger partial charge < -0.3 is 15.2 Å². The number of rotatable bonds is 7. The molecule has 1 aromatic rings. The van der Waals surface area contributed by atoms with Crippen molar-refractivity contribution in [2.45, 2.75) is 58.1 Å². The Kier molecular flexibility index (Phi) is 6.21. The third-order valence-electron chi connectivity index (χ3n) is 3.76. The second kappa shape index (κ2) is 7.46. The van der Waals surface area contributed by atoms with Gasteiger partial charge in [-0.3, -0.25) is 4.79 Å². The van der Waals surface area contributed by atoms with Crippen LogP contribution in [0.15, 0.2) is 24.3 Å². The van der Waals surface area contributed by atoms with Crippen molar-refractivity contribution in [2.75, 3.05) is 7.11 Å². The van der Waals surface area contributed by atoms with Gasteiger partial charge in [0.25, 0.3) is 0 Å². The third kappa shape index (κ3) is 5.05. The Morgan fingerprint density at radius 3 is 2.33 bits per heavy atom. The second-order valence-corrected chi connectivity index (χ2v) is 5.92. The summed E-state index contributed by atoms with van der Waals surface area (Å²) in [7, 11) is 1.34. The van der Waals surface area contributed by atoms with Gasteiger partial charge in [-0.2, -0.15) is 0 Å². The van der Waals surface area contributed by atoms with Gasteiger partial charge in [0.2, 0.25) is 0 Å². The molecule has 1 rings (SSSR count). The number of nitrogens with two attached hydrogens (primary N) is 1. The van der Waals surface area contributed by atoms with E-state index in [4.69, 9.17) is 15.2 Å². The summed E-state index contributed by atoms with van der Waals surface area (Å²) < 4.78 is 10.5. The summed E-state index contributed by atoms with van der Waals surface area (Å²) in [6, 6.07) is 8.09. The zero-order valence-corrected chi connectivity index (χ0v) is 13.7. The highest BCUT2D eigenvalue weighted by Gasteiger charge is 2.32. The molecule has 3 atom stereocenters. The molecule has 0 bridgehead atoms. The molecule has 0 aliphatic heterocycles. The Morgan fingerprint density at radius 1 is 1.29 bits per heavy atom. The Balaban J connectivity index is 2.63. The Morgan fingerprint density at radius 2 is 1.86 bits per heavy atom. The van der Waals surface area contributed by atoms with Crippen molar-refractivity contribution in [3.05, 3.63) is 29.8 Å². The standard InChI is InChI=1S/C17H27NO3/c1-6-12(2)14-7-9-15(10-8-14)21-13(3)11-17(4,18)16(19)20-5/h7-10,12-13H,6,11,18H2,1-5H3. The number of hydrogen-bond donors (Lipinski definition) is 1. The molecule has 0 fully saturated rings. The lowest BCUT2D eigenvalue weighted by atomic mass is 9.96. The zero-order chi connectivity index (χ0) is 16.0. The average Bonchev–Trinajstić information content (AvgIpc) is 2.45. The van der Waals surface area contributed by atoms with Crippen LogP contribution in [0.3, 0.4) is 0 Å². The largest absolute Gasteiger partial charge is 0.491 e. The fraction of sp³-hybridized carbons (Fsp3) is 0.588. The molecule has 4 heteroatoms. The molecule has 0 saturated carbocycles. The van der Waals surface area contributed by atoms with Crippen LogP contribution in [0.4, 0.5) is 0 Å². The molecule has 21 heavy (non-hydrogen) atoms. The van der Waals surface area contributed by atoms with Gasteiger partial charge in [0.15, 0.2) is 0 Å². The first-order chi connectivity index (χ1) is 9.80. The quantitative estimate of drug-likeness (QED) is 0.784. The van der Waals surface area contributed by atoms with Gasteiger partial charge in [0.05, 0.1) is 13.2 Å². The average molecular weight is 293 g/mol. The monoisotopic (exact) mass is 293 g/mol. The summed E-state index contributed by atoms with van der Waals surface area (Å²) in [5, 5.41) is 0. The number of carbonyl (C=O) groups is 1. The van der Waals surface area contributed by atoms with Crippen LogP contribution in [0.2, 0.25) is 0 Å². The first-order valence-corrected chi connectivity index (χ1v) is 7.44. The summed E-state index contributed by atoms with van der Waals surface area (Å²) in [6.45, 7) is 7.93. The summed E-state index contributed by atoms with van der Waals surface area (Å²) in [6.07, 6.45) is 1.34. The van der Waals surface area contributed by atoms with E-state index in [0.717, 1.165) is 12.2 Å². The van der Waals surface area contributed by atoms with E-state index in [1.807, 2.05) is 19.1 Å². The van der Waals surface area contributed by atoms with E-state index in [1.54, 1.807) is 6.92 Å². The lowest BCUT2D eigenvalue weighted by Crippen LogP contribution is -2.48. The third-order valence-corrected chi connectivity index (χ3v) is 3.76. The maximum atomic E-state index is 11.6. The number of carbonyl (C=O) groups excluding carboxylic acids is 1. The van der Waals surface area contributed by atoms with Crippen molar-refractivity contribution in [3.63, 3.8) is 0 Å². The Labute approximate surface area is 127 Å². The maximum Gasteiger partial charge on any atom is 0.325 e. The van der Waals surface area contributed by atoms with Crippen LogP contribution in [0.1, 0.15) is 52.0 Å². The molecule has 0 aliphatic carbocycles. The van der Waals surface area contributed by atoms with E-state index < -0.39 is 11.5 Å². The predicted octanol–water partition coefficient (Wildman–Crippen LogP) is 3.25. The van der Waals surface area contributed by atoms with Crippen molar-refractivity contribution in [3.8, 4) is 5.75 Å². The van der Waals surface area contributed by atoms with E-state index in [2.05, 4.69) is 26.0 Å². The Hall–Kier alpha value is -1.55. The normalized spacial score (nSPS) is 16.7. The minimum Gasteiger partial charge on any atom is -0.491 e. The van der Waals surface area contributed by atoms with Crippen molar-refractivity contribution in [2.24, 2.45) is 5.73 Å². The number of benzene rings is 1. The molecule has 0 amide bonds. The molecule has 0 aromatic heterocycles. The maximum absolute atomic E-state index is 11.6. The number of methoxy groups -OCH3 is 1. The molecule has 2 N–H and O–H groups in total. The van der Waals surface area contributed by atoms with Crippen molar-refractivity contribution in [1.82, 2.24) is 0 Å². The van der Waals surface area contributed by atoms with Gasteiger partial charge in [-0.05, 0) is 43.9 Å². The molecule has 1 aromatic carbocycles. The minimum atomic E-state index is -1.04. The molecule has 118 valence electrons. The van der Waals surface area contributed by atoms with E-state index in [-0.39, 0.29) is 6.10 Å². The van der Waals surface area contributed by atoms with E-state index >= 15 is 0 Å². The van der Waals surface area contributed by atoms with Gasteiger partial charge >= 0.3 is 5.97 Å². The molecule has 0 heterocycles. The molecule has 0 saturated heterocycles. The van der Waals surface area contributed by atoms with E-state index in [1.165, 1.54) is 12.7 Å². The summed E-state index contributed by atoms with van der Waals surface area (Å²) in [4.78, 5) is 11.6. The lowest BCUT2D eigenvalue weighted by molar-refractivity contribution is -0.147. The van der Waals surface area contributed by atoms with Crippen LogP contribution in [0, 0.1) is 0 Å². The number of hydrogen-bond acceptors (Lipinski definition) is 4. The smallest absolute Gasteiger partial charge is 0.325 e. The fourth-order valence-electron chi connectivity index (χ4n) is 2.30. The fourth-order valence-corrected chi connectivity index (χ4v) is 2.30. The van der Waals surface area contributed by atoms with Gasteiger partial charge in [0, 0.05) is 6.42 Å². The molecule has 3 unspecified atom stereocenters. The first kappa shape index (κ1) is 17.5. The van der Waals surface area contributed by atoms with E-state index in [9.17, 15) is 4.79 Å². The van der Waals surface area contributed by atoms with Gasteiger partial charge in [-0.25, -0.2) is 0 Å². The molecule has 0 spiro atoms. The van der Waals surface area contributed by atoms with Crippen LogP contribution in [-0.4, -0.2) is 24.7 Å². The number of ether oxygens (including phenoxy) is 2. The van der Waals surface area contributed by atoms with Crippen molar-refractivity contribution in [1.29, 1.82) is 0 Å². The zero-order valence-electron chi connectivity index (χ0n) is 13.7. The molecule has 0 radical (unpaired) electrons. The number of esters is 1. The van der Waals surface area contributed by atoms with Crippen LogP contribution >= 0.6 is 0 Å². The van der Waals surface area contributed by atoms with Gasteiger partial charge in [-0.15, -0.1) is 0 Å². The topological polar surface area (TPSA) is 61.5 Å². The second-order valence-electron chi connectivity index (χ2n) is 5.92. The highest BCUT2D eigenvalue weighted by atomic mass is 16.5. The van der Waals surface area contributed by atoms with Gasteiger partial charge in [-0.1, -0.05) is 26.0 Å². The minimum absolute atomic E-state index is 0.173. The summed E-state index contributed by atoms with van der Waals surface area (Å²) >= 11 is 0. The molecule has 0 aliphatic rings. The molecular formula is C17H27NO3. The molecule has 4 nitrogen and oxygen atoms in total. The highest BCUT2D eigenvalue weighted by molar-refractivity contribution is 5.79. The van der Waals surface area contributed by atoms with Crippen molar-refractivity contribution < 1.29 is 14.3 Å². The van der Waals surface area contributed by atoms with Gasteiger partial charge in [0.1, 0.15) is 11.3 Å². The summed E-state index contributed by atoms with van der Waals surface area (Å²) in [5.41, 5.74) is 6.22. The van der Waals surface area contributed by atoms with Crippen LogP contribution in [-0.2, 0) is 9.53 Å². The SMILES string of the molecule is CCC(C)c1ccc(OC(C)CC(C)(N)C(=O)OC)cc1. The van der Waals surface area contributed by atoms with Crippen LogP contribution < -0.4 is 10.5 Å².